The van der Waals surface area contributed by atoms with Crippen LogP contribution in [0.1, 0.15) is 47.8 Å². The second-order valence-electron chi connectivity index (χ2n) is 7.55. The first-order valence-electron chi connectivity index (χ1n) is 10.3. The van der Waals surface area contributed by atoms with Crippen molar-refractivity contribution in [3.63, 3.8) is 0 Å². The fourth-order valence-electron chi connectivity index (χ4n) is 3.95. The van der Waals surface area contributed by atoms with Crippen LogP contribution in [0.5, 0.6) is 0 Å². The van der Waals surface area contributed by atoms with Gasteiger partial charge in [0.05, 0.1) is 12.5 Å². The van der Waals surface area contributed by atoms with Gasteiger partial charge in [-0.2, -0.15) is 0 Å². The lowest BCUT2D eigenvalue weighted by Crippen LogP contribution is -2.39. The maximum absolute atomic E-state index is 12.1. The monoisotopic (exact) mass is 397 g/mol. The first kappa shape index (κ1) is 20.8. The minimum Gasteiger partial charge on any atom is -0.466 e. The summed E-state index contributed by atoms with van der Waals surface area (Å²) in [5, 5.41) is 2.17. The average Bonchev–Trinajstić information content (AvgIpc) is 3.12. The number of hydrogen-bond acceptors (Lipinski definition) is 4. The van der Waals surface area contributed by atoms with Crippen molar-refractivity contribution in [1.29, 1.82) is 0 Å². The molecule has 1 atom stereocenters. The molecular formula is C24H31NO2S. The van der Waals surface area contributed by atoms with Crippen LogP contribution in [-0.2, 0) is 9.53 Å². The third-order valence-electron chi connectivity index (χ3n) is 5.46. The number of carbonyl (C=O) groups is 1. The Morgan fingerprint density at radius 3 is 2.79 bits per heavy atom. The van der Waals surface area contributed by atoms with Gasteiger partial charge in [0.2, 0.25) is 0 Å². The molecular weight excluding hydrogens is 366 g/mol. The second kappa shape index (κ2) is 10.0. The Morgan fingerprint density at radius 1 is 1.25 bits per heavy atom. The van der Waals surface area contributed by atoms with Crippen LogP contribution in [0.3, 0.4) is 0 Å². The molecule has 3 rings (SSSR count). The Kier molecular flexibility index (Phi) is 7.46. The summed E-state index contributed by atoms with van der Waals surface area (Å²) in [5.74, 6) is 0.00519. The lowest BCUT2D eigenvalue weighted by Gasteiger charge is -2.31. The molecule has 1 saturated heterocycles. The van der Waals surface area contributed by atoms with Crippen LogP contribution < -0.4 is 0 Å². The normalized spacial score (nSPS) is 18.2. The number of benzene rings is 1. The number of piperidine rings is 1. The number of ether oxygens (including phenoxy) is 1. The predicted molar refractivity (Wildman–Crippen MR) is 118 cm³/mol. The van der Waals surface area contributed by atoms with Gasteiger partial charge in [-0.3, -0.25) is 4.79 Å². The minimum atomic E-state index is -0.0300. The highest BCUT2D eigenvalue weighted by Gasteiger charge is 2.26. The Labute approximate surface area is 173 Å². The third kappa shape index (κ3) is 5.12. The van der Waals surface area contributed by atoms with Crippen LogP contribution in [0.2, 0.25) is 0 Å². The van der Waals surface area contributed by atoms with Crippen LogP contribution in [0.25, 0.3) is 5.57 Å². The Morgan fingerprint density at radius 2 is 2.07 bits per heavy atom. The van der Waals surface area contributed by atoms with Gasteiger partial charge in [-0.25, -0.2) is 0 Å². The van der Waals surface area contributed by atoms with E-state index in [1.165, 1.54) is 27.1 Å². The van der Waals surface area contributed by atoms with Crippen molar-refractivity contribution in [2.45, 2.75) is 40.0 Å². The summed E-state index contributed by atoms with van der Waals surface area (Å²) in [7, 11) is 0. The van der Waals surface area contributed by atoms with Gasteiger partial charge < -0.3 is 9.64 Å². The number of aryl methyl sites for hydroxylation is 2. The van der Waals surface area contributed by atoms with E-state index in [4.69, 9.17) is 4.74 Å². The van der Waals surface area contributed by atoms with Crippen LogP contribution in [0.4, 0.5) is 0 Å². The van der Waals surface area contributed by atoms with E-state index in [0.29, 0.717) is 6.61 Å². The third-order valence-corrected chi connectivity index (χ3v) is 6.51. The van der Waals surface area contributed by atoms with Gasteiger partial charge in [-0.15, -0.1) is 11.3 Å². The molecule has 0 aliphatic carbocycles. The maximum atomic E-state index is 12.1. The first-order valence-corrected chi connectivity index (χ1v) is 11.2. The fourth-order valence-corrected chi connectivity index (χ4v) is 4.93. The molecule has 1 aliphatic heterocycles. The molecule has 2 heterocycles. The van der Waals surface area contributed by atoms with Crippen molar-refractivity contribution in [1.82, 2.24) is 4.90 Å². The Balaban J connectivity index is 1.71. The molecule has 0 radical (unpaired) electrons. The molecule has 0 saturated carbocycles. The summed E-state index contributed by atoms with van der Waals surface area (Å²) in [5.41, 5.74) is 5.29. The molecule has 0 N–H and O–H groups in total. The van der Waals surface area contributed by atoms with E-state index >= 15 is 0 Å². The smallest absolute Gasteiger partial charge is 0.310 e. The van der Waals surface area contributed by atoms with Crippen molar-refractivity contribution < 1.29 is 9.53 Å². The molecule has 2 aromatic rings. The highest BCUT2D eigenvalue weighted by atomic mass is 32.1. The number of carbonyl (C=O) groups excluding carboxylic acids is 1. The zero-order valence-electron chi connectivity index (χ0n) is 17.2. The van der Waals surface area contributed by atoms with Crippen molar-refractivity contribution in [3.05, 3.63) is 63.4 Å². The van der Waals surface area contributed by atoms with E-state index in [1.54, 1.807) is 0 Å². The van der Waals surface area contributed by atoms with Crippen LogP contribution in [0, 0.1) is 19.8 Å². The molecule has 0 amide bonds. The molecule has 4 heteroatoms. The predicted octanol–water partition coefficient (Wildman–Crippen LogP) is 5.46. The largest absolute Gasteiger partial charge is 0.466 e. The molecule has 3 nitrogen and oxygen atoms in total. The summed E-state index contributed by atoms with van der Waals surface area (Å²) in [4.78, 5) is 15.9. The molecule has 1 aromatic heterocycles. The molecule has 0 bridgehead atoms. The standard InChI is InChI=1S/C24H31NO2S/c1-4-27-24(26)20-10-7-14-25(17-20)15-8-12-22(23-19(3)13-16-28-23)21-11-6-5-9-18(21)2/h5-6,9,11-13,16,20H,4,7-8,10,14-15,17H2,1-3H3/b22-12-. The lowest BCUT2D eigenvalue weighted by atomic mass is 9.96. The van der Waals surface area contributed by atoms with Crippen molar-refractivity contribution in [3.8, 4) is 0 Å². The fraction of sp³-hybridized carbons (Fsp3) is 0.458. The Hall–Kier alpha value is -1.91. The lowest BCUT2D eigenvalue weighted by molar-refractivity contribution is -0.149. The number of hydrogen-bond donors (Lipinski definition) is 0. The first-order chi connectivity index (χ1) is 13.6. The Bertz CT molecular complexity index is 824. The summed E-state index contributed by atoms with van der Waals surface area (Å²) >= 11 is 1.81. The second-order valence-corrected chi connectivity index (χ2v) is 8.46. The van der Waals surface area contributed by atoms with Crippen molar-refractivity contribution in [2.75, 3.05) is 26.2 Å². The number of likely N-dealkylation sites (tertiary alicyclic amines) is 1. The molecule has 1 fully saturated rings. The summed E-state index contributed by atoms with van der Waals surface area (Å²) in [6, 6.07) is 10.8. The van der Waals surface area contributed by atoms with Gasteiger partial charge >= 0.3 is 5.97 Å². The number of nitrogens with zero attached hydrogens (tertiary/aromatic N) is 1. The quantitative estimate of drug-likeness (QED) is 0.581. The summed E-state index contributed by atoms with van der Waals surface area (Å²) < 4.78 is 5.23. The number of rotatable bonds is 7. The highest BCUT2D eigenvalue weighted by molar-refractivity contribution is 7.11. The van der Waals surface area contributed by atoms with Crippen molar-refractivity contribution in [2.24, 2.45) is 5.92 Å². The van der Waals surface area contributed by atoms with E-state index in [0.717, 1.165) is 38.9 Å². The summed E-state index contributed by atoms with van der Waals surface area (Å²) in [6.45, 7) is 9.59. The van der Waals surface area contributed by atoms with Gasteiger partial charge in [0, 0.05) is 18.0 Å². The average molecular weight is 398 g/mol. The molecule has 1 aliphatic rings. The topological polar surface area (TPSA) is 29.5 Å². The van der Waals surface area contributed by atoms with Crippen LogP contribution in [0.15, 0.2) is 41.8 Å². The van der Waals surface area contributed by atoms with Gasteiger partial charge in [-0.1, -0.05) is 30.3 Å². The molecule has 28 heavy (non-hydrogen) atoms. The maximum Gasteiger partial charge on any atom is 0.310 e. The zero-order valence-corrected chi connectivity index (χ0v) is 18.1. The number of thiophene rings is 1. The van der Waals surface area contributed by atoms with Crippen molar-refractivity contribution >= 4 is 22.9 Å². The van der Waals surface area contributed by atoms with E-state index in [9.17, 15) is 4.79 Å². The number of esters is 1. The highest BCUT2D eigenvalue weighted by Crippen LogP contribution is 2.32. The van der Waals surface area contributed by atoms with E-state index in [1.807, 2.05) is 18.3 Å². The minimum absolute atomic E-state index is 0.0300. The van der Waals surface area contributed by atoms with Gasteiger partial charge in [0.15, 0.2) is 0 Å². The molecule has 150 valence electrons. The molecule has 0 spiro atoms. The van der Waals surface area contributed by atoms with E-state index in [2.05, 4.69) is 60.5 Å². The van der Waals surface area contributed by atoms with E-state index < -0.39 is 0 Å². The van der Waals surface area contributed by atoms with Gasteiger partial charge in [0.25, 0.3) is 0 Å². The van der Waals surface area contributed by atoms with Crippen LogP contribution >= 0.6 is 11.3 Å². The van der Waals surface area contributed by atoms with Crippen LogP contribution in [-0.4, -0.2) is 37.1 Å². The summed E-state index contributed by atoms with van der Waals surface area (Å²) in [6.07, 6.45) is 5.39. The van der Waals surface area contributed by atoms with E-state index in [-0.39, 0.29) is 11.9 Å². The SMILES string of the molecule is CCOC(=O)C1CCCN(CC/C=C(/c2ccccc2C)c2sccc2C)C1. The van der Waals surface area contributed by atoms with Gasteiger partial charge in [0.1, 0.15) is 0 Å². The molecule has 1 unspecified atom stereocenters. The molecule has 1 aromatic carbocycles. The zero-order chi connectivity index (χ0) is 19.9. The van der Waals surface area contributed by atoms with Gasteiger partial charge in [-0.05, 0) is 80.3 Å².